The van der Waals surface area contributed by atoms with Crippen molar-refractivity contribution >= 4 is 5.91 Å². The van der Waals surface area contributed by atoms with Gasteiger partial charge in [0, 0.05) is 26.6 Å². The zero-order chi connectivity index (χ0) is 14.5. The summed E-state index contributed by atoms with van der Waals surface area (Å²) in [4.78, 5) is 12.9. The maximum Gasteiger partial charge on any atom is 0.391 e. The molecular weight excluding hydrogens is 257 g/mol. The molecule has 19 heavy (non-hydrogen) atoms. The minimum Gasteiger partial charge on any atom is -0.349 e. The molecule has 1 aliphatic carbocycles. The summed E-state index contributed by atoms with van der Waals surface area (Å²) in [5.41, 5.74) is 0. The van der Waals surface area contributed by atoms with Gasteiger partial charge in [0.2, 0.25) is 5.91 Å². The summed E-state index contributed by atoms with van der Waals surface area (Å²) in [5, 5.41) is 3.15. The molecule has 1 fully saturated rings. The van der Waals surface area contributed by atoms with Gasteiger partial charge in [-0.1, -0.05) is 6.42 Å². The summed E-state index contributed by atoms with van der Waals surface area (Å²) in [7, 11) is 3.40. The van der Waals surface area contributed by atoms with E-state index >= 15 is 0 Å². The first-order chi connectivity index (χ1) is 8.80. The number of hydrogen-bond donors (Lipinski definition) is 1. The number of halogens is 3. The van der Waals surface area contributed by atoms with Crippen molar-refractivity contribution in [2.24, 2.45) is 5.92 Å². The number of alkyl halides is 3. The minimum atomic E-state index is -4.07. The normalized spacial score (nSPS) is 24.3. The lowest BCUT2D eigenvalue weighted by Crippen LogP contribution is -2.39. The van der Waals surface area contributed by atoms with Crippen LogP contribution in [0.4, 0.5) is 13.2 Å². The van der Waals surface area contributed by atoms with Gasteiger partial charge in [0.1, 0.15) is 0 Å². The molecule has 0 heterocycles. The molecule has 6 heteroatoms. The van der Waals surface area contributed by atoms with E-state index in [0.29, 0.717) is 25.8 Å². The second kappa shape index (κ2) is 7.12. The van der Waals surface area contributed by atoms with Crippen LogP contribution in [0.2, 0.25) is 0 Å². The Kier molecular flexibility index (Phi) is 6.10. The van der Waals surface area contributed by atoms with E-state index in [-0.39, 0.29) is 24.8 Å². The largest absolute Gasteiger partial charge is 0.391 e. The number of carbonyl (C=O) groups is 1. The summed E-state index contributed by atoms with van der Waals surface area (Å²) >= 11 is 0. The molecule has 112 valence electrons. The summed E-state index contributed by atoms with van der Waals surface area (Å²) in [6.45, 7) is 0.606. The fourth-order valence-corrected chi connectivity index (χ4v) is 2.44. The Bertz CT molecular complexity index is 292. The van der Waals surface area contributed by atoms with Crippen LogP contribution in [0.1, 0.15) is 38.5 Å². The van der Waals surface area contributed by atoms with E-state index in [2.05, 4.69) is 5.32 Å². The van der Waals surface area contributed by atoms with Gasteiger partial charge in [0.25, 0.3) is 0 Å². The Morgan fingerprint density at radius 3 is 2.58 bits per heavy atom. The first kappa shape index (κ1) is 16.3. The highest BCUT2D eigenvalue weighted by molar-refractivity contribution is 5.75. The van der Waals surface area contributed by atoms with Crippen LogP contribution >= 0.6 is 0 Å². The zero-order valence-corrected chi connectivity index (χ0v) is 11.6. The summed E-state index contributed by atoms with van der Waals surface area (Å²) in [5.74, 6) is -1.11. The van der Waals surface area contributed by atoms with E-state index in [1.54, 1.807) is 14.1 Å². The third kappa shape index (κ3) is 5.80. The van der Waals surface area contributed by atoms with Crippen molar-refractivity contribution in [3.05, 3.63) is 0 Å². The third-order valence-corrected chi connectivity index (χ3v) is 3.64. The van der Waals surface area contributed by atoms with Crippen LogP contribution in [0.3, 0.4) is 0 Å². The molecule has 0 radical (unpaired) electrons. The van der Waals surface area contributed by atoms with E-state index in [9.17, 15) is 18.0 Å². The van der Waals surface area contributed by atoms with Gasteiger partial charge in [0.05, 0.1) is 5.92 Å². The molecule has 0 unspecified atom stereocenters. The van der Waals surface area contributed by atoms with Crippen LogP contribution in [-0.4, -0.2) is 43.7 Å². The molecule has 0 aromatic rings. The van der Waals surface area contributed by atoms with Gasteiger partial charge in [-0.05, 0) is 32.2 Å². The second-order valence-corrected chi connectivity index (χ2v) is 5.45. The molecule has 1 aliphatic rings. The van der Waals surface area contributed by atoms with Crippen molar-refractivity contribution in [2.75, 3.05) is 20.6 Å². The summed E-state index contributed by atoms with van der Waals surface area (Å²) in [6.07, 6.45) is -1.11. The van der Waals surface area contributed by atoms with Crippen LogP contribution in [0.5, 0.6) is 0 Å². The van der Waals surface area contributed by atoms with Gasteiger partial charge in [-0.25, -0.2) is 0 Å². The summed E-state index contributed by atoms with van der Waals surface area (Å²) in [6, 6.07) is -0.0603. The van der Waals surface area contributed by atoms with E-state index < -0.39 is 12.1 Å². The topological polar surface area (TPSA) is 32.3 Å². The van der Waals surface area contributed by atoms with E-state index in [1.165, 1.54) is 4.90 Å². The summed E-state index contributed by atoms with van der Waals surface area (Å²) < 4.78 is 37.9. The molecule has 0 spiro atoms. The molecule has 0 aromatic carbocycles. The average Bonchev–Trinajstić information content (AvgIpc) is 2.33. The van der Waals surface area contributed by atoms with Gasteiger partial charge < -0.3 is 10.2 Å². The van der Waals surface area contributed by atoms with E-state index in [0.717, 1.165) is 6.42 Å². The van der Waals surface area contributed by atoms with E-state index in [4.69, 9.17) is 0 Å². The number of carbonyl (C=O) groups excluding carboxylic acids is 1. The highest BCUT2D eigenvalue weighted by Gasteiger charge is 2.41. The monoisotopic (exact) mass is 280 g/mol. The lowest BCUT2D eigenvalue weighted by molar-refractivity contribution is -0.183. The third-order valence-electron chi connectivity index (χ3n) is 3.64. The molecule has 2 atom stereocenters. The highest BCUT2D eigenvalue weighted by atomic mass is 19.4. The number of nitrogens with zero attached hydrogens (tertiary/aromatic N) is 1. The first-order valence-corrected chi connectivity index (χ1v) is 6.81. The number of hydrogen-bond acceptors (Lipinski definition) is 2. The lowest BCUT2D eigenvalue weighted by atomic mass is 9.85. The van der Waals surface area contributed by atoms with Crippen LogP contribution in [-0.2, 0) is 4.79 Å². The van der Waals surface area contributed by atoms with Crippen molar-refractivity contribution in [3.8, 4) is 0 Å². The predicted octanol–water partition coefficient (Wildman–Crippen LogP) is 2.57. The molecular formula is C13H23F3N2O. The molecule has 0 saturated heterocycles. The van der Waals surface area contributed by atoms with Gasteiger partial charge in [-0.2, -0.15) is 13.2 Å². The van der Waals surface area contributed by atoms with Gasteiger partial charge >= 0.3 is 6.18 Å². The molecule has 1 rings (SSSR count). The zero-order valence-electron chi connectivity index (χ0n) is 11.6. The molecule has 0 bridgehead atoms. The highest BCUT2D eigenvalue weighted by Crippen LogP contribution is 2.37. The van der Waals surface area contributed by atoms with Crippen molar-refractivity contribution in [1.82, 2.24) is 10.2 Å². The Labute approximate surface area is 112 Å². The van der Waals surface area contributed by atoms with Crippen molar-refractivity contribution < 1.29 is 18.0 Å². The molecule has 1 saturated carbocycles. The fourth-order valence-electron chi connectivity index (χ4n) is 2.44. The van der Waals surface area contributed by atoms with Crippen molar-refractivity contribution in [1.29, 1.82) is 0 Å². The number of amides is 1. The van der Waals surface area contributed by atoms with Crippen LogP contribution in [0.15, 0.2) is 0 Å². The lowest BCUT2D eigenvalue weighted by Gasteiger charge is -2.31. The van der Waals surface area contributed by atoms with Crippen LogP contribution in [0, 0.1) is 5.92 Å². The quantitative estimate of drug-likeness (QED) is 0.785. The maximum atomic E-state index is 12.6. The number of rotatable bonds is 5. The van der Waals surface area contributed by atoms with E-state index in [1.807, 2.05) is 0 Å². The first-order valence-electron chi connectivity index (χ1n) is 6.81. The van der Waals surface area contributed by atoms with Gasteiger partial charge in [0.15, 0.2) is 0 Å². The predicted molar refractivity (Wildman–Crippen MR) is 67.7 cm³/mol. The molecule has 3 nitrogen and oxygen atoms in total. The number of nitrogens with one attached hydrogen (secondary N) is 1. The Hall–Kier alpha value is -0.780. The molecule has 0 aromatic heterocycles. The fraction of sp³-hybridized carbons (Fsp3) is 0.923. The van der Waals surface area contributed by atoms with Gasteiger partial charge in [-0.3, -0.25) is 4.79 Å². The molecule has 0 aliphatic heterocycles. The maximum absolute atomic E-state index is 12.6. The molecule has 1 N–H and O–H groups in total. The van der Waals surface area contributed by atoms with Crippen LogP contribution < -0.4 is 5.32 Å². The Balaban J connectivity index is 2.21. The molecule has 1 amide bonds. The van der Waals surface area contributed by atoms with Gasteiger partial charge in [-0.15, -0.1) is 0 Å². The average molecular weight is 280 g/mol. The Morgan fingerprint density at radius 1 is 1.32 bits per heavy atom. The SMILES string of the molecule is CN(C)C(=O)CCCN[C@H]1CCC[C@H](C(F)(F)F)C1. The van der Waals surface area contributed by atoms with Crippen molar-refractivity contribution in [2.45, 2.75) is 50.7 Å². The smallest absolute Gasteiger partial charge is 0.349 e. The minimum absolute atomic E-state index is 0.0543. The van der Waals surface area contributed by atoms with Crippen molar-refractivity contribution in [3.63, 3.8) is 0 Å². The Morgan fingerprint density at radius 2 is 2.00 bits per heavy atom. The second-order valence-electron chi connectivity index (χ2n) is 5.45. The standard InChI is InChI=1S/C13H23F3N2O/c1-18(2)12(19)7-4-8-17-11-6-3-5-10(9-11)13(14,15)16/h10-11,17H,3-9H2,1-2H3/t10-,11-/m0/s1. The van der Waals surface area contributed by atoms with Crippen LogP contribution in [0.25, 0.3) is 0 Å².